The van der Waals surface area contributed by atoms with E-state index in [0.29, 0.717) is 5.82 Å². The number of nitrogens with zero attached hydrogens (tertiary/aromatic N) is 2. The van der Waals surface area contributed by atoms with Gasteiger partial charge in [-0.05, 0) is 17.7 Å². The Balaban J connectivity index is 1.55. The second kappa shape index (κ2) is 7.19. The van der Waals surface area contributed by atoms with E-state index in [2.05, 4.69) is 26.1 Å². The van der Waals surface area contributed by atoms with Crippen LogP contribution in [0.25, 0.3) is 11.4 Å². The van der Waals surface area contributed by atoms with Gasteiger partial charge in [-0.3, -0.25) is 4.79 Å². The van der Waals surface area contributed by atoms with Crippen molar-refractivity contribution >= 4 is 21.9 Å². The number of esters is 1. The summed E-state index contributed by atoms with van der Waals surface area (Å²) < 4.78 is 11.2. The monoisotopic (exact) mass is 372 g/mol. The van der Waals surface area contributed by atoms with Crippen molar-refractivity contribution in [3.63, 3.8) is 0 Å². The van der Waals surface area contributed by atoms with Crippen LogP contribution in [0.1, 0.15) is 11.5 Å². The number of halogens is 1. The van der Waals surface area contributed by atoms with Crippen LogP contribution in [-0.4, -0.2) is 16.1 Å². The van der Waals surface area contributed by atoms with Crippen LogP contribution in [0.5, 0.6) is 0 Å². The Morgan fingerprint density at radius 3 is 2.57 bits per heavy atom. The molecule has 0 N–H and O–H groups in total. The number of hydrogen-bond donors (Lipinski definition) is 0. The molecule has 23 heavy (non-hydrogen) atoms. The van der Waals surface area contributed by atoms with E-state index in [1.54, 1.807) is 0 Å². The molecule has 0 bridgehead atoms. The highest BCUT2D eigenvalue weighted by Crippen LogP contribution is 2.15. The molecule has 0 unspecified atom stereocenters. The standard InChI is InChI=1S/C17H13BrN2O3/c18-14-8-6-12(7-9-14)10-16(21)22-11-15-19-17(20-23-15)13-4-2-1-3-5-13/h1-9H,10-11H2. The minimum Gasteiger partial charge on any atom is -0.455 e. The van der Waals surface area contributed by atoms with Gasteiger partial charge in [0.05, 0.1) is 6.42 Å². The zero-order chi connectivity index (χ0) is 16.1. The van der Waals surface area contributed by atoms with Crippen molar-refractivity contribution in [1.82, 2.24) is 10.1 Å². The largest absolute Gasteiger partial charge is 0.455 e. The van der Waals surface area contributed by atoms with Crippen molar-refractivity contribution in [2.45, 2.75) is 13.0 Å². The van der Waals surface area contributed by atoms with Gasteiger partial charge in [-0.1, -0.05) is 63.6 Å². The lowest BCUT2D eigenvalue weighted by Gasteiger charge is -2.02. The fourth-order valence-corrected chi connectivity index (χ4v) is 2.24. The molecule has 0 radical (unpaired) electrons. The van der Waals surface area contributed by atoms with E-state index in [0.717, 1.165) is 15.6 Å². The highest BCUT2D eigenvalue weighted by Gasteiger charge is 2.11. The normalized spacial score (nSPS) is 10.5. The van der Waals surface area contributed by atoms with Crippen LogP contribution in [0.2, 0.25) is 0 Å². The number of rotatable bonds is 5. The van der Waals surface area contributed by atoms with Crippen LogP contribution in [-0.2, 0) is 22.6 Å². The third kappa shape index (κ3) is 4.26. The molecule has 6 heteroatoms. The lowest BCUT2D eigenvalue weighted by Crippen LogP contribution is -2.08. The Hall–Kier alpha value is -2.47. The molecule has 0 amide bonds. The first kappa shape index (κ1) is 15.4. The van der Waals surface area contributed by atoms with E-state index >= 15 is 0 Å². The van der Waals surface area contributed by atoms with Crippen LogP contribution in [0, 0.1) is 0 Å². The maximum absolute atomic E-state index is 11.8. The molecule has 0 aliphatic carbocycles. The van der Waals surface area contributed by atoms with Crippen LogP contribution in [0.15, 0.2) is 63.6 Å². The molecule has 3 rings (SSSR count). The number of ether oxygens (including phenoxy) is 1. The van der Waals surface area contributed by atoms with Crippen LogP contribution in [0.3, 0.4) is 0 Å². The molecule has 0 atom stereocenters. The van der Waals surface area contributed by atoms with Crippen molar-refractivity contribution in [2.24, 2.45) is 0 Å². The maximum atomic E-state index is 11.8. The minimum atomic E-state index is -0.341. The van der Waals surface area contributed by atoms with Crippen LogP contribution >= 0.6 is 15.9 Å². The summed E-state index contributed by atoms with van der Waals surface area (Å²) in [6.45, 7) is -0.0325. The average Bonchev–Trinajstić information content (AvgIpc) is 3.05. The number of hydrogen-bond acceptors (Lipinski definition) is 5. The fourth-order valence-electron chi connectivity index (χ4n) is 1.98. The van der Waals surface area contributed by atoms with Gasteiger partial charge >= 0.3 is 5.97 Å². The summed E-state index contributed by atoms with van der Waals surface area (Å²) in [6.07, 6.45) is 0.201. The summed E-state index contributed by atoms with van der Waals surface area (Å²) in [7, 11) is 0. The molecule has 1 heterocycles. The van der Waals surface area contributed by atoms with Crippen molar-refractivity contribution in [1.29, 1.82) is 0 Å². The number of benzene rings is 2. The average molecular weight is 373 g/mol. The van der Waals surface area contributed by atoms with Gasteiger partial charge in [0, 0.05) is 10.0 Å². The smallest absolute Gasteiger partial charge is 0.310 e. The number of aromatic nitrogens is 2. The van der Waals surface area contributed by atoms with Gasteiger partial charge in [0.15, 0.2) is 6.61 Å². The number of carbonyl (C=O) groups is 1. The van der Waals surface area contributed by atoms with Gasteiger partial charge in [-0.25, -0.2) is 0 Å². The first-order chi connectivity index (χ1) is 11.2. The molecule has 116 valence electrons. The van der Waals surface area contributed by atoms with Gasteiger partial charge in [-0.2, -0.15) is 4.98 Å². The Labute approximate surface area is 141 Å². The predicted molar refractivity (Wildman–Crippen MR) is 87.4 cm³/mol. The van der Waals surface area contributed by atoms with Crippen molar-refractivity contribution in [3.05, 3.63) is 70.5 Å². The highest BCUT2D eigenvalue weighted by molar-refractivity contribution is 9.10. The van der Waals surface area contributed by atoms with Gasteiger partial charge in [0.1, 0.15) is 0 Å². The molecular weight excluding hydrogens is 360 g/mol. The quantitative estimate of drug-likeness (QED) is 0.637. The van der Waals surface area contributed by atoms with Crippen molar-refractivity contribution < 1.29 is 14.1 Å². The molecule has 5 nitrogen and oxygen atoms in total. The molecule has 0 saturated carbocycles. The Morgan fingerprint density at radius 1 is 1.09 bits per heavy atom. The van der Waals surface area contributed by atoms with E-state index < -0.39 is 0 Å². The predicted octanol–water partition coefficient (Wildman–Crippen LogP) is 3.79. The zero-order valence-corrected chi connectivity index (χ0v) is 13.7. The molecule has 1 aromatic heterocycles. The van der Waals surface area contributed by atoms with E-state index in [1.807, 2.05) is 54.6 Å². The summed E-state index contributed by atoms with van der Waals surface area (Å²) >= 11 is 3.35. The summed E-state index contributed by atoms with van der Waals surface area (Å²) in [5.41, 5.74) is 1.73. The molecule has 2 aromatic carbocycles. The van der Waals surface area contributed by atoms with Crippen molar-refractivity contribution in [2.75, 3.05) is 0 Å². The lowest BCUT2D eigenvalue weighted by atomic mass is 10.2. The summed E-state index contributed by atoms with van der Waals surface area (Å²) in [5, 5.41) is 3.88. The van der Waals surface area contributed by atoms with Crippen molar-refractivity contribution in [3.8, 4) is 11.4 Å². The third-order valence-electron chi connectivity index (χ3n) is 3.12. The van der Waals surface area contributed by atoms with E-state index in [1.165, 1.54) is 0 Å². The maximum Gasteiger partial charge on any atom is 0.310 e. The van der Waals surface area contributed by atoms with Gasteiger partial charge < -0.3 is 9.26 Å². The summed E-state index contributed by atoms with van der Waals surface area (Å²) in [4.78, 5) is 16.0. The molecule has 3 aromatic rings. The first-order valence-corrected chi connectivity index (χ1v) is 7.78. The topological polar surface area (TPSA) is 65.2 Å². The molecule has 0 saturated heterocycles. The summed E-state index contributed by atoms with van der Waals surface area (Å²) in [5.74, 6) is 0.407. The van der Waals surface area contributed by atoms with E-state index in [4.69, 9.17) is 9.26 Å². The van der Waals surface area contributed by atoms with Crippen LogP contribution < -0.4 is 0 Å². The Morgan fingerprint density at radius 2 is 1.83 bits per heavy atom. The zero-order valence-electron chi connectivity index (χ0n) is 12.1. The van der Waals surface area contributed by atoms with Crippen LogP contribution in [0.4, 0.5) is 0 Å². The highest BCUT2D eigenvalue weighted by atomic mass is 79.9. The molecule has 0 aliphatic heterocycles. The van der Waals surface area contributed by atoms with Gasteiger partial charge in [-0.15, -0.1) is 0 Å². The van der Waals surface area contributed by atoms with E-state index in [-0.39, 0.29) is 24.9 Å². The molecule has 0 fully saturated rings. The SMILES string of the molecule is O=C(Cc1ccc(Br)cc1)OCc1nc(-c2ccccc2)no1. The third-order valence-corrected chi connectivity index (χ3v) is 3.65. The molecule has 0 spiro atoms. The second-order valence-corrected chi connectivity index (χ2v) is 5.76. The minimum absolute atomic E-state index is 0.0325. The molecule has 0 aliphatic rings. The first-order valence-electron chi connectivity index (χ1n) is 6.99. The number of carbonyl (C=O) groups excluding carboxylic acids is 1. The summed E-state index contributed by atoms with van der Waals surface area (Å²) in [6, 6.07) is 17.0. The second-order valence-electron chi connectivity index (χ2n) is 4.84. The Kier molecular flexibility index (Phi) is 4.83. The van der Waals surface area contributed by atoms with E-state index in [9.17, 15) is 4.79 Å². The lowest BCUT2D eigenvalue weighted by molar-refractivity contribution is -0.144. The fraction of sp³-hybridized carbons (Fsp3) is 0.118. The van der Waals surface area contributed by atoms with Gasteiger partial charge in [0.25, 0.3) is 5.89 Å². The Bertz CT molecular complexity index is 785. The van der Waals surface area contributed by atoms with Gasteiger partial charge in [0.2, 0.25) is 5.82 Å². The molecular formula is C17H13BrN2O3.